The van der Waals surface area contributed by atoms with Crippen LogP contribution in [-0.4, -0.2) is 22.0 Å². The van der Waals surface area contributed by atoms with Gasteiger partial charge in [-0.3, -0.25) is 19.8 Å². The van der Waals surface area contributed by atoms with E-state index in [1.807, 2.05) is 0 Å². The number of carbonyl (C=O) groups excluding carboxylic acids is 2. The quantitative estimate of drug-likeness (QED) is 0.428. The third-order valence-electron chi connectivity index (χ3n) is 3.54. The molecule has 0 spiro atoms. The summed E-state index contributed by atoms with van der Waals surface area (Å²) >= 11 is 23.0. The topological polar surface area (TPSA) is 69.6 Å². The summed E-state index contributed by atoms with van der Waals surface area (Å²) in [6, 6.07) is 8.78. The van der Waals surface area contributed by atoms with Crippen LogP contribution in [-0.2, 0) is 9.59 Å². The zero-order chi connectivity index (χ0) is 19.0. The molecule has 2 aromatic carbocycles. The lowest BCUT2D eigenvalue weighted by molar-refractivity contribution is -0.122. The Morgan fingerprint density at radius 1 is 1.04 bits per heavy atom. The van der Waals surface area contributed by atoms with Gasteiger partial charge in [-0.1, -0.05) is 34.8 Å². The van der Waals surface area contributed by atoms with E-state index in [9.17, 15) is 14.7 Å². The zero-order valence-corrected chi connectivity index (χ0v) is 15.9. The number of aromatic hydroxyl groups is 1. The van der Waals surface area contributed by atoms with Crippen molar-refractivity contribution >= 4 is 75.7 Å². The van der Waals surface area contributed by atoms with Gasteiger partial charge in [-0.25, -0.2) is 0 Å². The van der Waals surface area contributed by atoms with Crippen molar-refractivity contribution in [2.45, 2.75) is 0 Å². The molecule has 1 heterocycles. The van der Waals surface area contributed by atoms with E-state index >= 15 is 0 Å². The van der Waals surface area contributed by atoms with Gasteiger partial charge in [0.1, 0.15) is 11.3 Å². The molecule has 0 saturated carbocycles. The lowest BCUT2D eigenvalue weighted by Crippen LogP contribution is -2.54. The molecule has 2 amide bonds. The minimum atomic E-state index is -0.694. The first-order valence-corrected chi connectivity index (χ1v) is 8.67. The molecule has 1 aliphatic heterocycles. The van der Waals surface area contributed by atoms with Crippen molar-refractivity contribution in [2.75, 3.05) is 4.90 Å². The summed E-state index contributed by atoms with van der Waals surface area (Å²) in [5.74, 6) is -1.52. The first-order valence-electron chi connectivity index (χ1n) is 7.13. The Labute approximate surface area is 168 Å². The molecule has 9 heteroatoms. The molecule has 0 unspecified atom stereocenters. The number of phenolic OH excluding ortho intramolecular Hbond substituents is 1. The van der Waals surface area contributed by atoms with E-state index < -0.39 is 11.8 Å². The molecule has 5 nitrogen and oxygen atoms in total. The second-order valence-electron chi connectivity index (χ2n) is 5.26. The van der Waals surface area contributed by atoms with Crippen LogP contribution in [0.15, 0.2) is 42.0 Å². The highest BCUT2D eigenvalue weighted by Crippen LogP contribution is 2.32. The average molecular weight is 428 g/mol. The Kier molecular flexibility index (Phi) is 5.20. The fraction of sp³-hybridized carbons (Fsp3) is 0. The van der Waals surface area contributed by atoms with E-state index in [1.165, 1.54) is 36.4 Å². The second-order valence-corrected chi connectivity index (χ2v) is 6.92. The Balaban J connectivity index is 2.08. The predicted molar refractivity (Wildman–Crippen MR) is 106 cm³/mol. The molecule has 0 radical (unpaired) electrons. The first-order chi connectivity index (χ1) is 12.3. The molecule has 0 aliphatic carbocycles. The molecule has 1 fully saturated rings. The van der Waals surface area contributed by atoms with Crippen molar-refractivity contribution < 1.29 is 14.7 Å². The highest BCUT2D eigenvalue weighted by Gasteiger charge is 2.35. The number of anilines is 1. The fourth-order valence-electron chi connectivity index (χ4n) is 2.34. The summed E-state index contributed by atoms with van der Waals surface area (Å²) in [6.07, 6.45) is 1.23. The van der Waals surface area contributed by atoms with Crippen molar-refractivity contribution in [3.8, 4) is 5.75 Å². The molecule has 0 bridgehead atoms. The number of nitrogens with one attached hydrogen (secondary N) is 1. The first kappa shape index (κ1) is 18.7. The lowest BCUT2D eigenvalue weighted by Gasteiger charge is -2.29. The number of hydrogen-bond donors (Lipinski definition) is 2. The highest BCUT2D eigenvalue weighted by atomic mass is 35.5. The van der Waals surface area contributed by atoms with Gasteiger partial charge in [-0.15, -0.1) is 0 Å². The molecule has 2 N–H and O–H groups in total. The van der Waals surface area contributed by atoms with Gasteiger partial charge in [0.2, 0.25) is 0 Å². The summed E-state index contributed by atoms with van der Waals surface area (Å²) in [5.41, 5.74) is 0.250. The molecule has 132 valence electrons. The maximum atomic E-state index is 12.9. The van der Waals surface area contributed by atoms with Gasteiger partial charge in [0.25, 0.3) is 11.8 Å². The number of nitrogens with zero attached hydrogens (tertiary/aromatic N) is 1. The van der Waals surface area contributed by atoms with Crippen molar-refractivity contribution in [3.05, 3.63) is 62.6 Å². The van der Waals surface area contributed by atoms with Crippen LogP contribution in [0.5, 0.6) is 5.75 Å². The second kappa shape index (κ2) is 7.25. The fourth-order valence-corrected chi connectivity index (χ4v) is 3.28. The van der Waals surface area contributed by atoms with Gasteiger partial charge in [0, 0.05) is 15.6 Å². The van der Waals surface area contributed by atoms with E-state index in [-0.39, 0.29) is 32.7 Å². The Morgan fingerprint density at radius 3 is 2.38 bits per heavy atom. The molecule has 26 heavy (non-hydrogen) atoms. The van der Waals surface area contributed by atoms with Crippen LogP contribution < -0.4 is 10.2 Å². The molecule has 0 aromatic heterocycles. The maximum absolute atomic E-state index is 12.9. The van der Waals surface area contributed by atoms with Crippen molar-refractivity contribution in [1.82, 2.24) is 5.32 Å². The number of amides is 2. The zero-order valence-electron chi connectivity index (χ0n) is 12.8. The number of hydrogen-bond acceptors (Lipinski definition) is 4. The van der Waals surface area contributed by atoms with Gasteiger partial charge >= 0.3 is 0 Å². The number of benzene rings is 2. The standard InChI is InChI=1S/C17H9Cl3N2O3S/c18-9-2-4-14(23)8(5-9)6-11-15(24)21-17(26)22(16(11)25)13-3-1-10(19)7-12(13)20/h1-7,23H,(H,21,24,26). The summed E-state index contributed by atoms with van der Waals surface area (Å²) in [6.45, 7) is 0. The largest absolute Gasteiger partial charge is 0.507 e. The van der Waals surface area contributed by atoms with E-state index in [2.05, 4.69) is 5.32 Å². The molecule has 1 saturated heterocycles. The van der Waals surface area contributed by atoms with Gasteiger partial charge in [-0.05, 0) is 54.7 Å². The Hall–Kier alpha value is -2.12. The monoisotopic (exact) mass is 426 g/mol. The van der Waals surface area contributed by atoms with Crippen LogP contribution in [0.2, 0.25) is 15.1 Å². The number of rotatable bonds is 2. The Morgan fingerprint density at radius 2 is 1.69 bits per heavy atom. The number of phenols is 1. The van der Waals surface area contributed by atoms with Crippen LogP contribution in [0.25, 0.3) is 6.08 Å². The third kappa shape index (κ3) is 3.54. The van der Waals surface area contributed by atoms with Gasteiger partial charge in [0.05, 0.1) is 10.7 Å². The lowest BCUT2D eigenvalue weighted by atomic mass is 10.1. The maximum Gasteiger partial charge on any atom is 0.270 e. The number of carbonyl (C=O) groups is 2. The van der Waals surface area contributed by atoms with Gasteiger partial charge in [-0.2, -0.15) is 0 Å². The summed E-state index contributed by atoms with van der Waals surface area (Å²) in [7, 11) is 0. The highest BCUT2D eigenvalue weighted by molar-refractivity contribution is 7.80. The third-order valence-corrected chi connectivity index (χ3v) is 4.60. The van der Waals surface area contributed by atoms with Crippen LogP contribution >= 0.6 is 47.0 Å². The van der Waals surface area contributed by atoms with E-state index in [0.29, 0.717) is 10.0 Å². The van der Waals surface area contributed by atoms with Gasteiger partial charge < -0.3 is 5.11 Å². The smallest absolute Gasteiger partial charge is 0.270 e. The molecular formula is C17H9Cl3N2O3S. The molecule has 2 aromatic rings. The van der Waals surface area contributed by atoms with E-state index in [0.717, 1.165) is 4.90 Å². The van der Waals surface area contributed by atoms with Gasteiger partial charge in [0.15, 0.2) is 5.11 Å². The van der Waals surface area contributed by atoms with Crippen molar-refractivity contribution in [2.24, 2.45) is 0 Å². The molecule has 0 atom stereocenters. The van der Waals surface area contributed by atoms with Crippen LogP contribution in [0.1, 0.15) is 5.56 Å². The average Bonchev–Trinajstić information content (AvgIpc) is 2.56. The predicted octanol–water partition coefficient (Wildman–Crippen LogP) is 4.18. The van der Waals surface area contributed by atoms with Crippen LogP contribution in [0.4, 0.5) is 5.69 Å². The molecule has 1 aliphatic rings. The number of halogens is 3. The summed E-state index contributed by atoms with van der Waals surface area (Å²) in [4.78, 5) is 26.2. The number of thiocarbonyl (C=S) groups is 1. The van der Waals surface area contributed by atoms with E-state index in [1.54, 1.807) is 6.07 Å². The van der Waals surface area contributed by atoms with E-state index in [4.69, 9.17) is 47.0 Å². The van der Waals surface area contributed by atoms with Crippen LogP contribution in [0, 0.1) is 0 Å². The minimum Gasteiger partial charge on any atom is -0.507 e. The van der Waals surface area contributed by atoms with Crippen LogP contribution in [0.3, 0.4) is 0 Å². The molecular weight excluding hydrogens is 419 g/mol. The summed E-state index contributed by atoms with van der Waals surface area (Å²) in [5, 5.41) is 13.2. The summed E-state index contributed by atoms with van der Waals surface area (Å²) < 4.78 is 0. The SMILES string of the molecule is O=C1NC(=S)N(c2ccc(Cl)cc2Cl)C(=O)C1=Cc1cc(Cl)ccc1O. The van der Waals surface area contributed by atoms with Crippen molar-refractivity contribution in [1.29, 1.82) is 0 Å². The minimum absolute atomic E-state index is 0.114. The Bertz CT molecular complexity index is 991. The normalized spacial score (nSPS) is 16.2. The molecule has 3 rings (SSSR count). The van der Waals surface area contributed by atoms with Crippen molar-refractivity contribution in [3.63, 3.8) is 0 Å².